The Morgan fingerprint density at radius 3 is 1.81 bits per heavy atom. The lowest BCUT2D eigenvalue weighted by atomic mass is 10.2. The summed E-state index contributed by atoms with van der Waals surface area (Å²) in [6.45, 7) is 0. The molecule has 0 saturated heterocycles. The van der Waals surface area contributed by atoms with Gasteiger partial charge >= 0.3 is 23.4 Å². The quantitative estimate of drug-likeness (QED) is 0.423. The van der Waals surface area contributed by atoms with Gasteiger partial charge in [0.2, 0.25) is 0 Å². The van der Waals surface area contributed by atoms with Crippen molar-refractivity contribution in [1.82, 2.24) is 5.32 Å². The summed E-state index contributed by atoms with van der Waals surface area (Å²) in [5.41, 5.74) is -1.24. The maximum absolute atomic E-state index is 13.5. The van der Waals surface area contributed by atoms with Gasteiger partial charge in [-0.1, -0.05) is 6.07 Å². The molecule has 0 radical (unpaired) electrons. The van der Waals surface area contributed by atoms with E-state index in [0.29, 0.717) is 12.1 Å². The summed E-state index contributed by atoms with van der Waals surface area (Å²) < 4.78 is 116. The minimum Gasteiger partial charge on any atom is -0.308 e. The molecule has 0 atom stereocenters. The first-order chi connectivity index (χ1) is 14.2. The second-order valence-corrected chi connectivity index (χ2v) is 6.91. The van der Waals surface area contributed by atoms with Crippen molar-refractivity contribution in [1.29, 1.82) is 0 Å². The van der Waals surface area contributed by atoms with E-state index in [1.54, 1.807) is 5.32 Å². The summed E-state index contributed by atoms with van der Waals surface area (Å²) >= 11 is -1.05. The smallest absolute Gasteiger partial charge is 0.308 e. The Bertz CT molecular complexity index is 958. The number of anilines is 1. The van der Waals surface area contributed by atoms with Gasteiger partial charge in [-0.05, 0) is 48.2 Å². The highest BCUT2D eigenvalue weighted by Crippen LogP contribution is 2.53. The minimum absolute atomic E-state index is 0.199. The number of carbonyl (C=O) groups is 2. The predicted molar refractivity (Wildman–Crippen MR) is 91.1 cm³/mol. The van der Waals surface area contributed by atoms with Crippen molar-refractivity contribution in [3.05, 3.63) is 59.7 Å². The molecule has 0 aliphatic rings. The molecule has 2 aromatic rings. The fraction of sp³-hybridized carbons (Fsp3) is 0.176. The molecular formula is C17H9F9N2O2S. The molecule has 4 nitrogen and oxygen atoms in total. The lowest BCUT2D eigenvalue weighted by molar-refractivity contribution is -0.330. The van der Waals surface area contributed by atoms with Crippen LogP contribution in [0.3, 0.4) is 0 Å². The highest BCUT2D eigenvalue weighted by Gasteiger charge is 2.73. The summed E-state index contributed by atoms with van der Waals surface area (Å²) in [5.74, 6) is -10.2. The standard InChI is InChI=1S/C17H9F9N2O2S/c18-10-2-1-3-11(19)12(10)13(29)28-14(30)27-8-4-6-9(7-5-8)31-17(25,26)15(20,21)16(22,23)24/h1-7H,(H2,27,28,29,30). The number of benzene rings is 2. The molecule has 0 heterocycles. The van der Waals surface area contributed by atoms with E-state index in [2.05, 4.69) is 0 Å². The topological polar surface area (TPSA) is 58.2 Å². The van der Waals surface area contributed by atoms with Crippen molar-refractivity contribution in [3.8, 4) is 0 Å². The van der Waals surface area contributed by atoms with Gasteiger partial charge in [0.25, 0.3) is 5.91 Å². The number of carbonyl (C=O) groups excluding carboxylic acids is 2. The average molecular weight is 476 g/mol. The van der Waals surface area contributed by atoms with Crippen LogP contribution in [0.2, 0.25) is 0 Å². The second-order valence-electron chi connectivity index (χ2n) is 5.72. The molecule has 0 bridgehead atoms. The average Bonchev–Trinajstić information content (AvgIpc) is 2.61. The monoisotopic (exact) mass is 476 g/mol. The van der Waals surface area contributed by atoms with Crippen LogP contribution in [-0.4, -0.2) is 29.3 Å². The van der Waals surface area contributed by atoms with Crippen LogP contribution < -0.4 is 10.6 Å². The van der Waals surface area contributed by atoms with Crippen LogP contribution in [0, 0.1) is 11.6 Å². The highest BCUT2D eigenvalue weighted by molar-refractivity contribution is 8.00. The Labute approximate surface area is 171 Å². The van der Waals surface area contributed by atoms with Gasteiger partial charge in [-0.25, -0.2) is 13.6 Å². The van der Waals surface area contributed by atoms with Crippen molar-refractivity contribution in [2.45, 2.75) is 22.2 Å². The summed E-state index contributed by atoms with van der Waals surface area (Å²) in [4.78, 5) is 22.8. The van der Waals surface area contributed by atoms with Gasteiger partial charge in [0, 0.05) is 10.6 Å². The van der Waals surface area contributed by atoms with Crippen molar-refractivity contribution in [2.75, 3.05) is 5.32 Å². The van der Waals surface area contributed by atoms with Gasteiger partial charge < -0.3 is 5.32 Å². The number of nitrogens with one attached hydrogen (secondary N) is 2. The molecule has 0 saturated carbocycles. The molecule has 0 unspecified atom stereocenters. The molecular weight excluding hydrogens is 467 g/mol. The van der Waals surface area contributed by atoms with Crippen molar-refractivity contribution < 1.29 is 49.1 Å². The summed E-state index contributed by atoms with van der Waals surface area (Å²) in [7, 11) is 0. The second kappa shape index (κ2) is 8.69. The number of hydrogen-bond acceptors (Lipinski definition) is 3. The van der Waals surface area contributed by atoms with Gasteiger partial charge in [-0.2, -0.15) is 30.7 Å². The SMILES string of the molecule is O=C(NC(=O)c1c(F)cccc1F)Nc1ccc(SC(F)(F)C(F)(F)C(F)(F)F)cc1. The minimum atomic E-state index is -6.48. The third kappa shape index (κ3) is 5.42. The van der Waals surface area contributed by atoms with Crippen LogP contribution in [0.5, 0.6) is 0 Å². The first-order valence-corrected chi connectivity index (χ1v) is 8.65. The molecule has 2 N–H and O–H groups in total. The number of rotatable bonds is 5. The Balaban J connectivity index is 2.04. The fourth-order valence-corrected chi connectivity index (χ4v) is 2.84. The van der Waals surface area contributed by atoms with Crippen LogP contribution in [0.25, 0.3) is 0 Å². The Hall–Kier alpha value is -2.90. The maximum atomic E-state index is 13.5. The zero-order valence-corrected chi connectivity index (χ0v) is 15.5. The number of urea groups is 1. The molecule has 14 heteroatoms. The number of thioether (sulfide) groups is 1. The first-order valence-electron chi connectivity index (χ1n) is 7.83. The number of alkyl halides is 7. The lowest BCUT2D eigenvalue weighted by Crippen LogP contribution is -2.49. The lowest BCUT2D eigenvalue weighted by Gasteiger charge is -2.27. The molecule has 2 rings (SSSR count). The molecule has 0 aliphatic carbocycles. The van der Waals surface area contributed by atoms with Crippen molar-refractivity contribution in [2.24, 2.45) is 0 Å². The predicted octanol–water partition coefficient (Wildman–Crippen LogP) is 5.81. The van der Waals surface area contributed by atoms with E-state index in [1.165, 1.54) is 0 Å². The van der Waals surface area contributed by atoms with Crippen LogP contribution >= 0.6 is 11.8 Å². The van der Waals surface area contributed by atoms with Gasteiger partial charge in [-0.15, -0.1) is 0 Å². The third-order valence-corrected chi connectivity index (χ3v) is 4.52. The van der Waals surface area contributed by atoms with Crippen molar-refractivity contribution >= 4 is 29.4 Å². The number of imide groups is 1. The van der Waals surface area contributed by atoms with E-state index in [9.17, 15) is 49.1 Å². The fourth-order valence-electron chi connectivity index (χ4n) is 2.03. The summed E-state index contributed by atoms with van der Waals surface area (Å²) in [5, 5.41) is -1.94. The zero-order valence-electron chi connectivity index (χ0n) is 14.7. The molecule has 3 amide bonds. The zero-order chi connectivity index (χ0) is 23.6. The van der Waals surface area contributed by atoms with Crippen LogP contribution in [0.15, 0.2) is 47.4 Å². The Kier molecular flexibility index (Phi) is 6.83. The van der Waals surface area contributed by atoms with Gasteiger partial charge in [-0.3, -0.25) is 10.1 Å². The summed E-state index contributed by atoms with van der Waals surface area (Å²) in [6.07, 6.45) is -6.48. The molecule has 2 aromatic carbocycles. The van der Waals surface area contributed by atoms with E-state index in [0.717, 1.165) is 30.3 Å². The third-order valence-electron chi connectivity index (χ3n) is 3.50. The molecule has 31 heavy (non-hydrogen) atoms. The Morgan fingerprint density at radius 1 is 0.806 bits per heavy atom. The molecule has 0 aromatic heterocycles. The molecule has 0 spiro atoms. The van der Waals surface area contributed by atoms with Gasteiger partial charge in [0.05, 0.1) is 0 Å². The normalized spacial score (nSPS) is 12.4. The van der Waals surface area contributed by atoms with E-state index in [1.807, 2.05) is 5.32 Å². The summed E-state index contributed by atoms with van der Waals surface area (Å²) in [6, 6.07) is 4.36. The largest absolute Gasteiger partial charge is 0.460 e. The Morgan fingerprint density at radius 2 is 1.32 bits per heavy atom. The van der Waals surface area contributed by atoms with Crippen LogP contribution in [0.4, 0.5) is 50.0 Å². The van der Waals surface area contributed by atoms with E-state index in [-0.39, 0.29) is 5.69 Å². The first kappa shape index (κ1) is 24.4. The van der Waals surface area contributed by atoms with E-state index < -0.39 is 63.1 Å². The molecule has 168 valence electrons. The van der Waals surface area contributed by atoms with Crippen LogP contribution in [0.1, 0.15) is 10.4 Å². The van der Waals surface area contributed by atoms with Gasteiger partial charge in [0.1, 0.15) is 17.2 Å². The van der Waals surface area contributed by atoms with Gasteiger partial charge in [0.15, 0.2) is 0 Å². The number of amides is 3. The maximum Gasteiger partial charge on any atom is 0.460 e. The van der Waals surface area contributed by atoms with Crippen LogP contribution in [-0.2, 0) is 0 Å². The number of hydrogen-bond donors (Lipinski definition) is 2. The molecule has 0 aliphatic heterocycles. The van der Waals surface area contributed by atoms with E-state index in [4.69, 9.17) is 0 Å². The van der Waals surface area contributed by atoms with Crippen molar-refractivity contribution in [3.63, 3.8) is 0 Å². The number of halogens is 9. The molecule has 0 fully saturated rings. The van der Waals surface area contributed by atoms with E-state index >= 15 is 0 Å². The highest BCUT2D eigenvalue weighted by atomic mass is 32.2.